The molecule has 7 heteroatoms. The molecule has 0 bridgehead atoms. The maximum Gasteiger partial charge on any atom is 0.257 e. The van der Waals surface area contributed by atoms with E-state index in [2.05, 4.69) is 0 Å². The summed E-state index contributed by atoms with van der Waals surface area (Å²) in [5, 5.41) is 0. The Bertz CT molecular complexity index is 837. The molecule has 3 aliphatic rings. The molecule has 0 unspecified atom stereocenters. The molecule has 1 aromatic heterocycles. The molecular weight excluding hydrogens is 370 g/mol. The molecule has 0 radical (unpaired) electrons. The molecule has 1 aromatic rings. The van der Waals surface area contributed by atoms with Crippen LogP contribution in [0.15, 0.2) is 16.7 Å². The van der Waals surface area contributed by atoms with E-state index in [0.29, 0.717) is 37.5 Å². The number of hydrogen-bond donors (Lipinski definition) is 0. The molecule has 2 atom stereocenters. The van der Waals surface area contributed by atoms with Gasteiger partial charge in [-0.15, -0.1) is 0 Å². The molecule has 0 N–H and O–H groups in total. The van der Waals surface area contributed by atoms with Crippen molar-refractivity contribution in [1.82, 2.24) is 14.7 Å². The highest BCUT2D eigenvalue weighted by Crippen LogP contribution is 2.62. The van der Waals surface area contributed by atoms with Crippen LogP contribution >= 0.6 is 0 Å². The second-order valence-corrected chi connectivity index (χ2v) is 9.35. The van der Waals surface area contributed by atoms with Gasteiger partial charge in [-0.1, -0.05) is 0 Å². The Balaban J connectivity index is 1.55. The number of carbonyl (C=O) groups is 3. The first kappa shape index (κ1) is 20.0. The van der Waals surface area contributed by atoms with Gasteiger partial charge in [0.2, 0.25) is 11.8 Å². The van der Waals surface area contributed by atoms with Crippen LogP contribution in [-0.2, 0) is 9.59 Å². The summed E-state index contributed by atoms with van der Waals surface area (Å²) in [5.41, 5.74) is 0.189. The highest BCUT2D eigenvalue weighted by Gasteiger charge is 2.65. The van der Waals surface area contributed by atoms with E-state index >= 15 is 0 Å². The van der Waals surface area contributed by atoms with Crippen LogP contribution in [0.4, 0.5) is 0 Å². The minimum absolute atomic E-state index is 0.0245. The molecule has 158 valence electrons. The van der Waals surface area contributed by atoms with Gasteiger partial charge >= 0.3 is 0 Å². The van der Waals surface area contributed by atoms with Gasteiger partial charge in [0, 0.05) is 47.2 Å². The number of aryl methyl sites for hydroxylation is 1. The lowest BCUT2D eigenvalue weighted by atomic mass is 9.65. The highest BCUT2D eigenvalue weighted by atomic mass is 16.3. The van der Waals surface area contributed by atoms with Crippen LogP contribution in [0.1, 0.15) is 48.7 Å². The van der Waals surface area contributed by atoms with Gasteiger partial charge < -0.3 is 19.1 Å². The third-order valence-electron chi connectivity index (χ3n) is 7.76. The molecule has 7 nitrogen and oxygen atoms in total. The van der Waals surface area contributed by atoms with E-state index in [1.54, 1.807) is 24.2 Å². The molecule has 1 aliphatic carbocycles. The average Bonchev–Trinajstić information content (AvgIpc) is 3.36. The van der Waals surface area contributed by atoms with Crippen molar-refractivity contribution in [3.05, 3.63) is 23.7 Å². The quantitative estimate of drug-likeness (QED) is 0.761. The van der Waals surface area contributed by atoms with E-state index < -0.39 is 5.41 Å². The van der Waals surface area contributed by atoms with Gasteiger partial charge in [0.1, 0.15) is 5.76 Å². The van der Waals surface area contributed by atoms with Gasteiger partial charge in [-0.05, 0) is 50.0 Å². The first-order valence-corrected chi connectivity index (χ1v) is 10.5. The molecule has 2 saturated heterocycles. The fourth-order valence-electron chi connectivity index (χ4n) is 6.13. The van der Waals surface area contributed by atoms with Crippen LogP contribution in [-0.4, -0.2) is 72.7 Å². The Hall–Kier alpha value is -2.31. The Morgan fingerprint density at radius 3 is 2.34 bits per heavy atom. The van der Waals surface area contributed by atoms with E-state index in [9.17, 15) is 14.4 Å². The van der Waals surface area contributed by atoms with Crippen molar-refractivity contribution in [2.45, 2.75) is 39.5 Å². The number of likely N-dealkylation sites (tertiary alicyclic amines) is 2. The van der Waals surface area contributed by atoms with Gasteiger partial charge in [0.15, 0.2) is 0 Å². The highest BCUT2D eigenvalue weighted by molar-refractivity contribution is 5.95. The van der Waals surface area contributed by atoms with E-state index in [4.69, 9.17) is 4.42 Å². The Labute approximate surface area is 172 Å². The van der Waals surface area contributed by atoms with Crippen LogP contribution in [0.25, 0.3) is 0 Å². The van der Waals surface area contributed by atoms with Gasteiger partial charge in [0.25, 0.3) is 5.91 Å². The number of amides is 3. The standard InChI is InChI=1S/C22H31N3O4/c1-15-17(5-12-29-15)19(27)24-10-8-21(9-11-24)6-7-22(20(28)23(3)4)14-25(16(2)26)13-18(21)22/h5,12,18H,6-11,13-14H2,1-4H3/t18-,22+/m1/s1. The lowest BCUT2D eigenvalue weighted by Gasteiger charge is -2.44. The number of nitrogens with zero attached hydrogens (tertiary/aromatic N) is 3. The molecule has 0 aromatic carbocycles. The van der Waals surface area contributed by atoms with Crippen LogP contribution in [0.5, 0.6) is 0 Å². The Morgan fingerprint density at radius 2 is 1.79 bits per heavy atom. The lowest BCUT2D eigenvalue weighted by molar-refractivity contribution is -0.141. The first-order valence-electron chi connectivity index (χ1n) is 10.5. The van der Waals surface area contributed by atoms with Crippen molar-refractivity contribution in [1.29, 1.82) is 0 Å². The van der Waals surface area contributed by atoms with E-state index in [-0.39, 0.29) is 29.1 Å². The van der Waals surface area contributed by atoms with Gasteiger partial charge in [-0.3, -0.25) is 14.4 Å². The number of rotatable bonds is 2. The Kier molecular flexibility index (Phi) is 4.74. The molecule has 3 heterocycles. The molecule has 3 amide bonds. The largest absolute Gasteiger partial charge is 0.469 e. The predicted octanol–water partition coefficient (Wildman–Crippen LogP) is 2.16. The number of carbonyl (C=O) groups excluding carboxylic acids is 3. The minimum Gasteiger partial charge on any atom is -0.469 e. The number of hydrogen-bond acceptors (Lipinski definition) is 4. The second-order valence-electron chi connectivity index (χ2n) is 9.35. The maximum atomic E-state index is 13.2. The Morgan fingerprint density at radius 1 is 1.10 bits per heavy atom. The third-order valence-corrected chi connectivity index (χ3v) is 7.76. The zero-order valence-electron chi connectivity index (χ0n) is 17.9. The fraction of sp³-hybridized carbons (Fsp3) is 0.682. The minimum atomic E-state index is -0.470. The van der Waals surface area contributed by atoms with Crippen molar-refractivity contribution in [2.75, 3.05) is 40.3 Å². The molecule has 1 spiro atoms. The number of piperidine rings is 1. The smallest absolute Gasteiger partial charge is 0.257 e. The number of fused-ring (bicyclic) bond motifs is 2. The molecular formula is C22H31N3O4. The third kappa shape index (κ3) is 2.97. The molecule has 2 aliphatic heterocycles. The zero-order chi connectivity index (χ0) is 21.0. The van der Waals surface area contributed by atoms with Crippen molar-refractivity contribution in [2.24, 2.45) is 16.7 Å². The van der Waals surface area contributed by atoms with Crippen molar-refractivity contribution < 1.29 is 18.8 Å². The van der Waals surface area contributed by atoms with Gasteiger partial charge in [-0.2, -0.15) is 0 Å². The van der Waals surface area contributed by atoms with Crippen molar-refractivity contribution >= 4 is 17.7 Å². The summed E-state index contributed by atoms with van der Waals surface area (Å²) in [6.45, 7) is 5.96. The molecule has 29 heavy (non-hydrogen) atoms. The topological polar surface area (TPSA) is 74.1 Å². The summed E-state index contributed by atoms with van der Waals surface area (Å²) < 4.78 is 5.30. The molecule has 4 rings (SSSR count). The monoisotopic (exact) mass is 401 g/mol. The van der Waals surface area contributed by atoms with Crippen LogP contribution in [0.2, 0.25) is 0 Å². The van der Waals surface area contributed by atoms with Crippen LogP contribution in [0, 0.1) is 23.7 Å². The fourth-order valence-corrected chi connectivity index (χ4v) is 6.13. The summed E-state index contributed by atoms with van der Waals surface area (Å²) in [4.78, 5) is 43.7. The summed E-state index contributed by atoms with van der Waals surface area (Å²) in [6, 6.07) is 1.74. The summed E-state index contributed by atoms with van der Waals surface area (Å²) in [7, 11) is 3.62. The summed E-state index contributed by atoms with van der Waals surface area (Å²) in [5.74, 6) is 1.04. The maximum absolute atomic E-state index is 13.2. The van der Waals surface area contributed by atoms with Crippen LogP contribution in [0.3, 0.4) is 0 Å². The predicted molar refractivity (Wildman–Crippen MR) is 107 cm³/mol. The van der Waals surface area contributed by atoms with E-state index in [0.717, 1.165) is 25.7 Å². The van der Waals surface area contributed by atoms with E-state index in [1.165, 1.54) is 0 Å². The molecule has 3 fully saturated rings. The zero-order valence-corrected chi connectivity index (χ0v) is 17.9. The van der Waals surface area contributed by atoms with E-state index in [1.807, 2.05) is 30.8 Å². The van der Waals surface area contributed by atoms with Crippen LogP contribution < -0.4 is 0 Å². The second kappa shape index (κ2) is 6.89. The first-order chi connectivity index (χ1) is 13.7. The average molecular weight is 402 g/mol. The SMILES string of the molecule is CC(=O)N1C[C@@H]2C3(CCN(C(=O)c4ccoc4C)CC3)CC[C@]2(C(=O)N(C)C)C1. The van der Waals surface area contributed by atoms with Gasteiger partial charge in [0.05, 0.1) is 17.2 Å². The van der Waals surface area contributed by atoms with Crippen molar-refractivity contribution in [3.8, 4) is 0 Å². The molecule has 1 saturated carbocycles. The summed E-state index contributed by atoms with van der Waals surface area (Å²) in [6.07, 6.45) is 5.15. The summed E-state index contributed by atoms with van der Waals surface area (Å²) >= 11 is 0. The number of furan rings is 1. The lowest BCUT2D eigenvalue weighted by Crippen LogP contribution is -2.49. The normalized spacial score (nSPS) is 27.9. The van der Waals surface area contributed by atoms with Crippen molar-refractivity contribution in [3.63, 3.8) is 0 Å². The van der Waals surface area contributed by atoms with Gasteiger partial charge in [-0.25, -0.2) is 0 Å².